The minimum Gasteiger partial charge on any atom is -0.313 e. The van der Waals surface area contributed by atoms with E-state index >= 15 is 0 Å². The average molecular weight is 203 g/mol. The largest absolute Gasteiger partial charge is 0.313 e. The molecule has 15 heavy (non-hydrogen) atoms. The van der Waals surface area contributed by atoms with Crippen LogP contribution < -0.4 is 5.32 Å². The van der Waals surface area contributed by atoms with Crippen molar-refractivity contribution in [3.8, 4) is 0 Å². The normalized spacial score (nSPS) is 23.7. The van der Waals surface area contributed by atoms with Gasteiger partial charge in [0.25, 0.3) is 0 Å². The zero-order valence-corrected chi connectivity index (χ0v) is 9.58. The fourth-order valence-electron chi connectivity index (χ4n) is 2.67. The van der Waals surface area contributed by atoms with E-state index in [0.29, 0.717) is 12.0 Å². The predicted octanol–water partition coefficient (Wildman–Crippen LogP) is 3.32. The Bertz CT molecular complexity index is 275. The molecule has 1 fully saturated rings. The van der Waals surface area contributed by atoms with E-state index in [0.717, 1.165) is 0 Å². The van der Waals surface area contributed by atoms with E-state index in [1.807, 2.05) is 0 Å². The van der Waals surface area contributed by atoms with Gasteiger partial charge in [0.1, 0.15) is 0 Å². The Kier molecular flexibility index (Phi) is 3.79. The highest BCUT2D eigenvalue weighted by Crippen LogP contribution is 2.27. The summed E-state index contributed by atoms with van der Waals surface area (Å²) in [6.45, 7) is 3.50. The maximum atomic E-state index is 3.67. The van der Waals surface area contributed by atoms with Crippen LogP contribution in [0.4, 0.5) is 0 Å². The summed E-state index contributed by atoms with van der Waals surface area (Å²) in [7, 11) is 0. The maximum absolute atomic E-state index is 3.67. The van der Waals surface area contributed by atoms with Gasteiger partial charge in [-0.05, 0) is 37.3 Å². The molecule has 1 N–H and O–H groups in total. The van der Waals surface area contributed by atoms with Crippen LogP contribution >= 0.6 is 0 Å². The van der Waals surface area contributed by atoms with Crippen LogP contribution in [0.25, 0.3) is 0 Å². The summed E-state index contributed by atoms with van der Waals surface area (Å²) >= 11 is 0. The van der Waals surface area contributed by atoms with Gasteiger partial charge in [-0.25, -0.2) is 0 Å². The van der Waals surface area contributed by atoms with E-state index in [1.54, 1.807) is 0 Å². The third-order valence-electron chi connectivity index (χ3n) is 3.50. The molecule has 1 heteroatoms. The lowest BCUT2D eigenvalue weighted by Crippen LogP contribution is -2.38. The standard InChI is InChI=1S/C14H21N/c1-2-13(12-8-4-3-5-9-12)14-10-6-7-11-15-14/h3-5,8-9,13-15H,2,6-7,10-11H2,1H3. The van der Waals surface area contributed by atoms with Crippen LogP contribution in [0.2, 0.25) is 0 Å². The second kappa shape index (κ2) is 5.32. The second-order valence-corrected chi connectivity index (χ2v) is 4.48. The summed E-state index contributed by atoms with van der Waals surface area (Å²) in [4.78, 5) is 0. The topological polar surface area (TPSA) is 12.0 Å². The van der Waals surface area contributed by atoms with Gasteiger partial charge in [0, 0.05) is 6.04 Å². The Labute approximate surface area is 92.9 Å². The molecule has 0 bridgehead atoms. The monoisotopic (exact) mass is 203 g/mol. The molecule has 1 nitrogen and oxygen atoms in total. The summed E-state index contributed by atoms with van der Waals surface area (Å²) in [5.41, 5.74) is 1.50. The van der Waals surface area contributed by atoms with Crippen LogP contribution in [0.5, 0.6) is 0 Å². The van der Waals surface area contributed by atoms with E-state index < -0.39 is 0 Å². The molecule has 1 aliphatic rings. The van der Waals surface area contributed by atoms with Crippen molar-refractivity contribution in [3.05, 3.63) is 35.9 Å². The van der Waals surface area contributed by atoms with Gasteiger partial charge in [-0.1, -0.05) is 43.7 Å². The molecule has 0 amide bonds. The first-order valence-electron chi connectivity index (χ1n) is 6.20. The quantitative estimate of drug-likeness (QED) is 0.794. The predicted molar refractivity (Wildman–Crippen MR) is 65.1 cm³/mol. The smallest absolute Gasteiger partial charge is 0.0136 e. The molecule has 0 spiro atoms. The molecule has 0 aliphatic carbocycles. The van der Waals surface area contributed by atoms with Crippen molar-refractivity contribution >= 4 is 0 Å². The number of hydrogen-bond acceptors (Lipinski definition) is 1. The highest BCUT2D eigenvalue weighted by molar-refractivity contribution is 5.21. The molecule has 2 rings (SSSR count). The molecule has 82 valence electrons. The van der Waals surface area contributed by atoms with Gasteiger partial charge in [-0.3, -0.25) is 0 Å². The Morgan fingerprint density at radius 3 is 2.67 bits per heavy atom. The zero-order chi connectivity index (χ0) is 10.5. The van der Waals surface area contributed by atoms with E-state index in [-0.39, 0.29) is 0 Å². The Hall–Kier alpha value is -0.820. The number of rotatable bonds is 3. The molecular weight excluding hydrogens is 182 g/mol. The van der Waals surface area contributed by atoms with E-state index in [4.69, 9.17) is 0 Å². The molecule has 1 aliphatic heterocycles. The summed E-state index contributed by atoms with van der Waals surface area (Å²) in [6, 6.07) is 11.6. The number of benzene rings is 1. The van der Waals surface area contributed by atoms with E-state index in [9.17, 15) is 0 Å². The Balaban J connectivity index is 2.09. The number of hydrogen-bond donors (Lipinski definition) is 1. The highest BCUT2D eigenvalue weighted by Gasteiger charge is 2.22. The summed E-state index contributed by atoms with van der Waals surface area (Å²) in [6.07, 6.45) is 5.32. The molecule has 1 aromatic rings. The molecular formula is C14H21N. The van der Waals surface area contributed by atoms with Crippen LogP contribution in [0.1, 0.15) is 44.1 Å². The van der Waals surface area contributed by atoms with Crippen molar-refractivity contribution < 1.29 is 0 Å². The summed E-state index contributed by atoms with van der Waals surface area (Å²) < 4.78 is 0. The van der Waals surface area contributed by atoms with Gasteiger partial charge in [0.05, 0.1) is 0 Å². The molecule has 0 saturated carbocycles. The Morgan fingerprint density at radius 1 is 1.27 bits per heavy atom. The van der Waals surface area contributed by atoms with Crippen LogP contribution in [-0.2, 0) is 0 Å². The van der Waals surface area contributed by atoms with Gasteiger partial charge in [0.15, 0.2) is 0 Å². The third-order valence-corrected chi connectivity index (χ3v) is 3.50. The minimum atomic E-state index is 0.700. The van der Waals surface area contributed by atoms with Crippen LogP contribution in [0, 0.1) is 0 Å². The van der Waals surface area contributed by atoms with Gasteiger partial charge < -0.3 is 5.32 Å². The van der Waals surface area contributed by atoms with Gasteiger partial charge in [-0.2, -0.15) is 0 Å². The lowest BCUT2D eigenvalue weighted by atomic mass is 9.85. The van der Waals surface area contributed by atoms with Crippen molar-refractivity contribution in [2.45, 2.75) is 44.6 Å². The van der Waals surface area contributed by atoms with Crippen LogP contribution in [0.3, 0.4) is 0 Å². The molecule has 2 atom stereocenters. The zero-order valence-electron chi connectivity index (χ0n) is 9.58. The Morgan fingerprint density at radius 2 is 2.07 bits per heavy atom. The number of nitrogens with one attached hydrogen (secondary N) is 1. The first kappa shape index (κ1) is 10.7. The summed E-state index contributed by atoms with van der Waals surface area (Å²) in [5.74, 6) is 0.700. The molecule has 0 radical (unpaired) electrons. The lowest BCUT2D eigenvalue weighted by Gasteiger charge is -2.31. The second-order valence-electron chi connectivity index (χ2n) is 4.48. The van der Waals surface area contributed by atoms with Crippen LogP contribution in [-0.4, -0.2) is 12.6 Å². The first-order valence-corrected chi connectivity index (χ1v) is 6.20. The third kappa shape index (κ3) is 2.60. The van der Waals surface area contributed by atoms with Crippen molar-refractivity contribution in [2.75, 3.05) is 6.54 Å². The number of piperidine rings is 1. The van der Waals surface area contributed by atoms with Crippen molar-refractivity contribution in [1.29, 1.82) is 0 Å². The van der Waals surface area contributed by atoms with Crippen LogP contribution in [0.15, 0.2) is 30.3 Å². The van der Waals surface area contributed by atoms with Crippen molar-refractivity contribution in [2.24, 2.45) is 0 Å². The molecule has 2 unspecified atom stereocenters. The average Bonchev–Trinajstić information content (AvgIpc) is 2.33. The lowest BCUT2D eigenvalue weighted by molar-refractivity contribution is 0.344. The van der Waals surface area contributed by atoms with E-state index in [2.05, 4.69) is 42.6 Å². The first-order chi connectivity index (χ1) is 7.42. The van der Waals surface area contributed by atoms with E-state index in [1.165, 1.54) is 37.8 Å². The molecule has 1 saturated heterocycles. The highest BCUT2D eigenvalue weighted by atomic mass is 14.9. The molecule has 0 aromatic heterocycles. The van der Waals surface area contributed by atoms with Gasteiger partial charge in [-0.15, -0.1) is 0 Å². The molecule has 1 aromatic carbocycles. The fourth-order valence-corrected chi connectivity index (χ4v) is 2.67. The SMILES string of the molecule is CCC(c1ccccc1)C1CCCCN1. The van der Waals surface area contributed by atoms with Crippen molar-refractivity contribution in [3.63, 3.8) is 0 Å². The minimum absolute atomic E-state index is 0.700. The maximum Gasteiger partial charge on any atom is 0.0136 e. The fraction of sp³-hybridized carbons (Fsp3) is 0.571. The van der Waals surface area contributed by atoms with Gasteiger partial charge >= 0.3 is 0 Å². The molecule has 1 heterocycles. The van der Waals surface area contributed by atoms with Gasteiger partial charge in [0.2, 0.25) is 0 Å². The summed E-state index contributed by atoms with van der Waals surface area (Å²) in [5, 5.41) is 3.67. The van der Waals surface area contributed by atoms with Crippen molar-refractivity contribution in [1.82, 2.24) is 5.32 Å².